The minimum atomic E-state index is -4.47. The lowest BCUT2D eigenvalue weighted by atomic mass is 9.88. The molecule has 1 heterocycles. The predicted octanol–water partition coefficient (Wildman–Crippen LogP) is 2.13. The van der Waals surface area contributed by atoms with Crippen molar-refractivity contribution in [2.45, 2.75) is 51.9 Å². The van der Waals surface area contributed by atoms with E-state index in [1.54, 1.807) is 20.8 Å². The van der Waals surface area contributed by atoms with Crippen molar-refractivity contribution in [1.82, 2.24) is 10.2 Å². The van der Waals surface area contributed by atoms with E-state index in [-0.39, 0.29) is 19.5 Å². The van der Waals surface area contributed by atoms with Crippen molar-refractivity contribution in [3.05, 3.63) is 0 Å². The number of hydrogen-bond acceptors (Lipinski definition) is 2. The molecule has 0 aromatic heterocycles. The monoisotopic (exact) mass is 282 g/mol. The average molecular weight is 282 g/mol. The van der Waals surface area contributed by atoms with Crippen molar-refractivity contribution in [3.63, 3.8) is 0 Å². The summed E-state index contributed by atoms with van der Waals surface area (Å²) < 4.78 is 38.7. The second-order valence-electron chi connectivity index (χ2n) is 6.20. The van der Waals surface area contributed by atoms with Gasteiger partial charge in [-0.05, 0) is 18.3 Å². The number of carbonyl (C=O) groups is 1. The number of carbonyl (C=O) groups excluding carboxylic acids is 1. The molecule has 0 saturated carbocycles. The third-order valence-corrected chi connectivity index (χ3v) is 2.96. The molecule has 0 radical (unpaired) electrons. The Balaban J connectivity index is 2.65. The van der Waals surface area contributed by atoms with Crippen molar-refractivity contribution in [1.29, 1.82) is 0 Å². The average Bonchev–Trinajstić information content (AvgIpc) is 2.60. The van der Waals surface area contributed by atoms with Gasteiger partial charge in [-0.1, -0.05) is 20.8 Å². The van der Waals surface area contributed by atoms with Crippen LogP contribution in [0.25, 0.3) is 0 Å². The fraction of sp³-hybridized carbons (Fsp3) is 0.917. The Kier molecular flexibility index (Phi) is 4.71. The lowest BCUT2D eigenvalue weighted by molar-refractivity contribution is -0.159. The molecule has 2 N–H and O–H groups in total. The van der Waals surface area contributed by atoms with Gasteiger partial charge in [-0.2, -0.15) is 13.2 Å². The molecule has 4 nitrogen and oxygen atoms in total. The standard InChI is InChI=1S/C12H21F3N2O2/c1-11(2,3)6-9(12(13,14)15)16-10(19)17-5-4-8(18)7-17/h8-9,18H,4-7H2,1-3H3,(H,16,19)/t8-,9+/m0/s1. The number of likely N-dealkylation sites (tertiary alicyclic amines) is 1. The fourth-order valence-electron chi connectivity index (χ4n) is 2.03. The van der Waals surface area contributed by atoms with E-state index in [2.05, 4.69) is 0 Å². The highest BCUT2D eigenvalue weighted by atomic mass is 19.4. The number of alkyl halides is 3. The minimum Gasteiger partial charge on any atom is -0.391 e. The Morgan fingerprint density at radius 1 is 1.42 bits per heavy atom. The molecule has 0 bridgehead atoms. The first kappa shape index (κ1) is 16.1. The molecule has 1 aliphatic rings. The molecule has 0 aromatic rings. The van der Waals surface area contributed by atoms with Crippen LogP contribution in [-0.2, 0) is 0 Å². The van der Waals surface area contributed by atoms with Crippen molar-refractivity contribution in [2.75, 3.05) is 13.1 Å². The van der Waals surface area contributed by atoms with Crippen molar-refractivity contribution < 1.29 is 23.1 Å². The van der Waals surface area contributed by atoms with E-state index in [1.807, 2.05) is 5.32 Å². The molecule has 1 rings (SSSR count). The number of aliphatic hydroxyl groups is 1. The van der Waals surface area contributed by atoms with Crippen LogP contribution in [-0.4, -0.2) is 47.4 Å². The largest absolute Gasteiger partial charge is 0.408 e. The zero-order valence-electron chi connectivity index (χ0n) is 11.4. The summed E-state index contributed by atoms with van der Waals surface area (Å²) in [5.74, 6) is 0. The maximum atomic E-state index is 12.9. The lowest BCUT2D eigenvalue weighted by Gasteiger charge is -2.30. The van der Waals surface area contributed by atoms with Gasteiger partial charge in [0.2, 0.25) is 0 Å². The van der Waals surface area contributed by atoms with Crippen LogP contribution in [0.5, 0.6) is 0 Å². The van der Waals surface area contributed by atoms with Gasteiger partial charge in [0.05, 0.1) is 6.10 Å². The van der Waals surface area contributed by atoms with Gasteiger partial charge in [0.1, 0.15) is 6.04 Å². The normalized spacial score (nSPS) is 22.5. The highest BCUT2D eigenvalue weighted by molar-refractivity contribution is 5.75. The summed E-state index contributed by atoms with van der Waals surface area (Å²) in [6, 6.07) is -2.62. The third-order valence-electron chi connectivity index (χ3n) is 2.96. The number of β-amino-alcohol motifs (C(OH)–C–C–N with tert-alkyl or cyclic N) is 1. The molecule has 0 aromatic carbocycles. The highest BCUT2D eigenvalue weighted by Crippen LogP contribution is 2.30. The second-order valence-corrected chi connectivity index (χ2v) is 6.20. The molecule has 0 unspecified atom stereocenters. The number of nitrogens with zero attached hydrogens (tertiary/aromatic N) is 1. The molecule has 0 aliphatic carbocycles. The topological polar surface area (TPSA) is 52.6 Å². The fourth-order valence-corrected chi connectivity index (χ4v) is 2.03. The zero-order valence-corrected chi connectivity index (χ0v) is 11.4. The molecule has 1 saturated heterocycles. The second kappa shape index (κ2) is 5.56. The summed E-state index contributed by atoms with van der Waals surface area (Å²) in [4.78, 5) is 13.0. The summed E-state index contributed by atoms with van der Waals surface area (Å²) in [5.41, 5.74) is -0.544. The van der Waals surface area contributed by atoms with Crippen molar-refractivity contribution >= 4 is 6.03 Å². The highest BCUT2D eigenvalue weighted by Gasteiger charge is 2.43. The first-order valence-electron chi connectivity index (χ1n) is 6.29. The van der Waals surface area contributed by atoms with Crippen LogP contribution in [0.1, 0.15) is 33.6 Å². The van der Waals surface area contributed by atoms with Crippen molar-refractivity contribution in [3.8, 4) is 0 Å². The Morgan fingerprint density at radius 3 is 2.37 bits per heavy atom. The first-order valence-corrected chi connectivity index (χ1v) is 6.29. The van der Waals surface area contributed by atoms with E-state index in [9.17, 15) is 23.1 Å². The molecule has 1 fully saturated rings. The van der Waals surface area contributed by atoms with Crippen LogP contribution in [0.3, 0.4) is 0 Å². The molecule has 2 atom stereocenters. The van der Waals surface area contributed by atoms with Gasteiger partial charge in [-0.15, -0.1) is 0 Å². The molecule has 1 aliphatic heterocycles. The van der Waals surface area contributed by atoms with Crippen molar-refractivity contribution in [2.24, 2.45) is 5.41 Å². The summed E-state index contributed by atoms with van der Waals surface area (Å²) in [5, 5.41) is 11.3. The number of halogens is 3. The van der Waals surface area contributed by atoms with E-state index >= 15 is 0 Å². The Hall–Kier alpha value is -0.980. The molecular weight excluding hydrogens is 261 g/mol. The van der Waals surface area contributed by atoms with Crippen LogP contribution in [0.2, 0.25) is 0 Å². The molecule has 112 valence electrons. The summed E-state index contributed by atoms with van der Waals surface area (Å²) >= 11 is 0. The van der Waals surface area contributed by atoms with Crippen LogP contribution >= 0.6 is 0 Å². The zero-order chi connectivity index (χ0) is 14.8. The summed E-state index contributed by atoms with van der Waals surface area (Å²) in [6.07, 6.45) is -4.89. The van der Waals surface area contributed by atoms with E-state index < -0.39 is 29.8 Å². The van der Waals surface area contributed by atoms with Gasteiger partial charge >= 0.3 is 12.2 Å². The van der Waals surface area contributed by atoms with E-state index in [0.717, 1.165) is 0 Å². The molecule has 0 spiro atoms. The SMILES string of the molecule is CC(C)(C)C[C@@H](NC(=O)N1CC[C@H](O)C1)C(F)(F)F. The van der Waals surface area contributed by atoms with Gasteiger partial charge in [-0.3, -0.25) is 0 Å². The molecule has 7 heteroatoms. The van der Waals surface area contributed by atoms with E-state index in [4.69, 9.17) is 0 Å². The maximum absolute atomic E-state index is 12.9. The maximum Gasteiger partial charge on any atom is 0.408 e. The number of hydrogen-bond donors (Lipinski definition) is 2. The van der Waals surface area contributed by atoms with E-state index in [1.165, 1.54) is 4.90 Å². The van der Waals surface area contributed by atoms with Crippen LogP contribution in [0.15, 0.2) is 0 Å². The summed E-state index contributed by atoms with van der Waals surface area (Å²) in [6.45, 7) is 5.45. The number of urea groups is 1. The summed E-state index contributed by atoms with van der Waals surface area (Å²) in [7, 11) is 0. The van der Waals surface area contributed by atoms with Gasteiger partial charge in [0.25, 0.3) is 0 Å². The lowest BCUT2D eigenvalue weighted by Crippen LogP contribution is -2.51. The third kappa shape index (κ3) is 5.26. The predicted molar refractivity (Wildman–Crippen MR) is 64.6 cm³/mol. The van der Waals surface area contributed by atoms with Crippen LogP contribution in [0.4, 0.5) is 18.0 Å². The molecular formula is C12H21F3N2O2. The van der Waals surface area contributed by atoms with E-state index in [0.29, 0.717) is 6.42 Å². The number of aliphatic hydroxyl groups excluding tert-OH is 1. The van der Waals surface area contributed by atoms with Gasteiger partial charge in [0, 0.05) is 13.1 Å². The van der Waals surface area contributed by atoms with Gasteiger partial charge in [0.15, 0.2) is 0 Å². The van der Waals surface area contributed by atoms with Gasteiger partial charge < -0.3 is 15.3 Å². The molecule has 2 amide bonds. The Morgan fingerprint density at radius 2 is 2.00 bits per heavy atom. The minimum absolute atomic E-state index is 0.0892. The first-order chi connectivity index (χ1) is 8.49. The Bertz CT molecular complexity index is 326. The number of nitrogens with one attached hydrogen (secondary N) is 1. The smallest absolute Gasteiger partial charge is 0.391 e. The molecule has 19 heavy (non-hydrogen) atoms. The van der Waals surface area contributed by atoms with Crippen LogP contribution in [0, 0.1) is 5.41 Å². The number of rotatable bonds is 2. The van der Waals surface area contributed by atoms with Crippen LogP contribution < -0.4 is 5.32 Å². The quantitative estimate of drug-likeness (QED) is 0.815. The Labute approximate surface area is 111 Å². The van der Waals surface area contributed by atoms with Gasteiger partial charge in [-0.25, -0.2) is 4.79 Å². The number of amides is 2.